The minimum absolute atomic E-state index is 0.182. The van der Waals surface area contributed by atoms with Crippen molar-refractivity contribution in [2.24, 2.45) is 5.10 Å². The van der Waals surface area contributed by atoms with Crippen LogP contribution in [0.2, 0.25) is 5.02 Å². The molecule has 2 aromatic carbocycles. The molecule has 8 heteroatoms. The highest BCUT2D eigenvalue weighted by molar-refractivity contribution is 6.30. The molecule has 3 rings (SSSR count). The lowest BCUT2D eigenvalue weighted by Gasteiger charge is -2.08. The summed E-state index contributed by atoms with van der Waals surface area (Å²) in [6, 6.07) is 15.5. The van der Waals surface area contributed by atoms with E-state index in [1.54, 1.807) is 62.4 Å². The molecule has 0 fully saturated rings. The number of rotatable bonds is 7. The number of benzene rings is 2. The zero-order valence-corrected chi connectivity index (χ0v) is 17.2. The summed E-state index contributed by atoms with van der Waals surface area (Å²) in [5.41, 5.74) is 4.84. The summed E-state index contributed by atoms with van der Waals surface area (Å²) >= 11 is 5.81. The van der Waals surface area contributed by atoms with Crippen molar-refractivity contribution >= 4 is 34.8 Å². The van der Waals surface area contributed by atoms with Gasteiger partial charge in [0.25, 0.3) is 11.8 Å². The summed E-state index contributed by atoms with van der Waals surface area (Å²) in [5.74, 6) is 0.418. The lowest BCUT2D eigenvalue weighted by atomic mass is 10.1. The molecule has 154 valence electrons. The molecule has 2 N–H and O–H groups in total. The second-order valence-corrected chi connectivity index (χ2v) is 6.84. The van der Waals surface area contributed by atoms with Gasteiger partial charge in [-0.25, -0.2) is 5.43 Å². The monoisotopic (exact) mass is 425 g/mol. The molecule has 3 aromatic rings. The van der Waals surface area contributed by atoms with Crippen LogP contribution in [-0.2, 0) is 4.79 Å². The zero-order valence-electron chi connectivity index (χ0n) is 16.4. The van der Waals surface area contributed by atoms with E-state index in [2.05, 4.69) is 15.8 Å². The maximum absolute atomic E-state index is 12.3. The first-order valence-electron chi connectivity index (χ1n) is 9.10. The summed E-state index contributed by atoms with van der Waals surface area (Å²) in [5, 5.41) is 7.50. The number of nitrogens with zero attached hydrogens (tertiary/aromatic N) is 1. The number of halogens is 1. The van der Waals surface area contributed by atoms with Gasteiger partial charge in [-0.1, -0.05) is 23.7 Å². The van der Waals surface area contributed by atoms with Crippen LogP contribution in [-0.4, -0.2) is 24.1 Å². The summed E-state index contributed by atoms with van der Waals surface area (Å²) in [4.78, 5) is 24.3. The zero-order chi connectivity index (χ0) is 21.5. The third-order valence-electron chi connectivity index (χ3n) is 4.17. The Morgan fingerprint density at radius 1 is 1.13 bits per heavy atom. The second kappa shape index (κ2) is 9.76. The highest BCUT2D eigenvalue weighted by Crippen LogP contribution is 2.16. The molecule has 0 aliphatic carbocycles. The second-order valence-electron chi connectivity index (χ2n) is 6.40. The molecule has 0 spiro atoms. The maximum Gasteiger partial charge on any atom is 0.277 e. The normalized spacial score (nSPS) is 11.1. The number of carbonyl (C=O) groups is 2. The Labute approximate surface area is 178 Å². The highest BCUT2D eigenvalue weighted by Gasteiger charge is 2.12. The molecule has 1 aromatic heterocycles. The molecular weight excluding hydrogens is 406 g/mol. The van der Waals surface area contributed by atoms with Crippen LogP contribution in [0.5, 0.6) is 5.75 Å². The number of amides is 2. The molecule has 0 saturated heterocycles. The summed E-state index contributed by atoms with van der Waals surface area (Å²) in [6.45, 7) is 3.29. The van der Waals surface area contributed by atoms with Crippen molar-refractivity contribution in [3.8, 4) is 5.75 Å². The highest BCUT2D eigenvalue weighted by atomic mass is 35.5. The number of furan rings is 1. The van der Waals surface area contributed by atoms with E-state index in [0.717, 1.165) is 5.56 Å². The molecule has 0 aliphatic heterocycles. The standard InChI is InChI=1S/C22H20ClN3O4/c1-14(25-26-21(27)13-30-19-8-6-17(23)7-9-19)16-4-3-5-18(12-16)24-22(28)20-10-11-29-15(20)2/h3-12H,13H2,1-2H3,(H,24,28)(H,26,27)/b25-14+. The van der Waals surface area contributed by atoms with Crippen molar-refractivity contribution in [2.45, 2.75) is 13.8 Å². The van der Waals surface area contributed by atoms with Gasteiger partial charge in [-0.3, -0.25) is 9.59 Å². The quantitative estimate of drug-likeness (QED) is 0.433. The predicted molar refractivity (Wildman–Crippen MR) is 115 cm³/mol. The van der Waals surface area contributed by atoms with Gasteiger partial charge in [0, 0.05) is 10.7 Å². The Balaban J connectivity index is 1.57. The number of ether oxygens (including phenoxy) is 1. The Hall–Kier alpha value is -3.58. The molecular formula is C22H20ClN3O4. The van der Waals surface area contributed by atoms with Crippen LogP contribution in [0.4, 0.5) is 5.69 Å². The van der Waals surface area contributed by atoms with E-state index in [9.17, 15) is 9.59 Å². The van der Waals surface area contributed by atoms with Gasteiger partial charge in [0.1, 0.15) is 11.5 Å². The van der Waals surface area contributed by atoms with Crippen molar-refractivity contribution in [1.29, 1.82) is 0 Å². The van der Waals surface area contributed by atoms with Crippen LogP contribution in [0.1, 0.15) is 28.6 Å². The smallest absolute Gasteiger partial charge is 0.277 e. The van der Waals surface area contributed by atoms with E-state index >= 15 is 0 Å². The van der Waals surface area contributed by atoms with Crippen LogP contribution in [0.3, 0.4) is 0 Å². The molecule has 2 amide bonds. The number of nitrogens with one attached hydrogen (secondary N) is 2. The first-order valence-corrected chi connectivity index (χ1v) is 9.47. The molecule has 1 heterocycles. The Kier molecular flexibility index (Phi) is 6.87. The van der Waals surface area contributed by atoms with Gasteiger partial charge in [-0.2, -0.15) is 5.10 Å². The number of hydrogen-bond donors (Lipinski definition) is 2. The number of carbonyl (C=O) groups excluding carboxylic acids is 2. The molecule has 0 unspecified atom stereocenters. The van der Waals surface area contributed by atoms with Crippen molar-refractivity contribution in [1.82, 2.24) is 5.43 Å². The summed E-state index contributed by atoms with van der Waals surface area (Å²) < 4.78 is 10.5. The number of hydrazone groups is 1. The molecule has 0 radical (unpaired) electrons. The van der Waals surface area contributed by atoms with E-state index in [1.165, 1.54) is 6.26 Å². The van der Waals surface area contributed by atoms with Crippen molar-refractivity contribution in [2.75, 3.05) is 11.9 Å². The molecule has 0 bridgehead atoms. The predicted octanol–water partition coefficient (Wildman–Crippen LogP) is 4.41. The van der Waals surface area contributed by atoms with Crippen LogP contribution in [0.25, 0.3) is 0 Å². The lowest BCUT2D eigenvalue weighted by molar-refractivity contribution is -0.123. The van der Waals surface area contributed by atoms with Crippen LogP contribution >= 0.6 is 11.6 Å². The van der Waals surface area contributed by atoms with E-state index < -0.39 is 5.91 Å². The lowest BCUT2D eigenvalue weighted by Crippen LogP contribution is -2.25. The maximum atomic E-state index is 12.3. The van der Waals surface area contributed by atoms with Crippen LogP contribution < -0.4 is 15.5 Å². The van der Waals surface area contributed by atoms with Crippen LogP contribution in [0, 0.1) is 6.92 Å². The van der Waals surface area contributed by atoms with Crippen molar-refractivity contribution < 1.29 is 18.7 Å². The largest absolute Gasteiger partial charge is 0.484 e. The van der Waals surface area contributed by atoms with Gasteiger partial charge >= 0.3 is 0 Å². The molecule has 7 nitrogen and oxygen atoms in total. The number of aryl methyl sites for hydroxylation is 1. The van der Waals surface area contributed by atoms with Crippen molar-refractivity contribution in [3.63, 3.8) is 0 Å². The molecule has 0 atom stereocenters. The Bertz CT molecular complexity index is 1070. The Morgan fingerprint density at radius 2 is 1.90 bits per heavy atom. The van der Waals surface area contributed by atoms with E-state index in [0.29, 0.717) is 33.5 Å². The third-order valence-corrected chi connectivity index (χ3v) is 4.43. The number of anilines is 1. The first-order chi connectivity index (χ1) is 14.4. The summed E-state index contributed by atoms with van der Waals surface area (Å²) in [7, 11) is 0. The van der Waals surface area contributed by atoms with Crippen molar-refractivity contribution in [3.05, 3.63) is 82.8 Å². The van der Waals surface area contributed by atoms with Gasteiger partial charge < -0.3 is 14.5 Å². The van der Waals surface area contributed by atoms with Gasteiger partial charge in [0.05, 0.1) is 17.5 Å². The Morgan fingerprint density at radius 3 is 2.60 bits per heavy atom. The van der Waals surface area contributed by atoms with E-state index in [1.807, 2.05) is 6.07 Å². The topological polar surface area (TPSA) is 92.9 Å². The molecule has 0 aliphatic rings. The van der Waals surface area contributed by atoms with Gasteiger partial charge in [0.15, 0.2) is 6.61 Å². The summed E-state index contributed by atoms with van der Waals surface area (Å²) in [6.07, 6.45) is 1.47. The fourth-order valence-corrected chi connectivity index (χ4v) is 2.69. The first kappa shape index (κ1) is 21.1. The van der Waals surface area contributed by atoms with Crippen LogP contribution in [0.15, 0.2) is 70.4 Å². The van der Waals surface area contributed by atoms with E-state index in [-0.39, 0.29) is 12.5 Å². The molecule has 0 saturated carbocycles. The van der Waals surface area contributed by atoms with E-state index in [4.69, 9.17) is 20.8 Å². The minimum Gasteiger partial charge on any atom is -0.484 e. The SMILES string of the molecule is C/C(=N\NC(=O)COc1ccc(Cl)cc1)c1cccc(NC(=O)c2ccoc2C)c1. The number of hydrogen-bond acceptors (Lipinski definition) is 5. The average Bonchev–Trinajstić information content (AvgIpc) is 3.18. The fraction of sp³-hybridized carbons (Fsp3) is 0.136. The van der Waals surface area contributed by atoms with Gasteiger partial charge in [0.2, 0.25) is 0 Å². The molecule has 30 heavy (non-hydrogen) atoms. The van der Waals surface area contributed by atoms with Gasteiger partial charge in [-0.15, -0.1) is 0 Å². The van der Waals surface area contributed by atoms with Gasteiger partial charge in [-0.05, 0) is 61.9 Å². The third kappa shape index (κ3) is 5.71. The average molecular weight is 426 g/mol. The fourth-order valence-electron chi connectivity index (χ4n) is 2.56. The minimum atomic E-state index is -0.399.